The summed E-state index contributed by atoms with van der Waals surface area (Å²) >= 11 is 0. The highest BCUT2D eigenvalue weighted by Gasteiger charge is 2.32. The summed E-state index contributed by atoms with van der Waals surface area (Å²) in [6.07, 6.45) is 9.59. The minimum atomic E-state index is -2.83. The number of ether oxygens (including phenoxy) is 2. The van der Waals surface area contributed by atoms with Crippen LogP contribution in [0.1, 0.15) is 32.6 Å². The van der Waals surface area contributed by atoms with Crippen LogP contribution in [0.5, 0.6) is 0 Å². The first-order valence-corrected chi connectivity index (χ1v) is 11.7. The summed E-state index contributed by atoms with van der Waals surface area (Å²) in [6, 6.07) is 0. The van der Waals surface area contributed by atoms with Gasteiger partial charge in [0.25, 0.3) is 0 Å². The maximum absolute atomic E-state index is 13.5. The van der Waals surface area contributed by atoms with E-state index in [1.165, 1.54) is 13.0 Å². The van der Waals surface area contributed by atoms with Crippen molar-refractivity contribution < 1.29 is 22.6 Å². The Labute approximate surface area is 190 Å². The molecule has 4 unspecified atom stereocenters. The molecule has 0 bridgehead atoms. The molecule has 0 N–H and O–H groups in total. The second-order valence-electron chi connectivity index (χ2n) is 9.33. The first kappa shape index (κ1) is 25.1. The van der Waals surface area contributed by atoms with Gasteiger partial charge >= 0.3 is 6.61 Å². The molecule has 0 aromatic heterocycles. The van der Waals surface area contributed by atoms with Gasteiger partial charge in [-0.1, -0.05) is 12.7 Å². The van der Waals surface area contributed by atoms with Crippen LogP contribution in [0.2, 0.25) is 0 Å². The number of allylic oxidation sites excluding steroid dienone is 5. The SMILES string of the molecule is C=C1C(C/C=C(\C)OC(F)F)OCC(CN2CCN(C)CC2)CCC1C1C=CC(F)=CC1. The van der Waals surface area contributed by atoms with E-state index in [4.69, 9.17) is 4.74 Å². The predicted molar refractivity (Wildman–Crippen MR) is 121 cm³/mol. The Morgan fingerprint density at radius 2 is 2.03 bits per heavy atom. The third-order valence-corrected chi connectivity index (χ3v) is 6.92. The summed E-state index contributed by atoms with van der Waals surface area (Å²) < 4.78 is 49.4. The Morgan fingerprint density at radius 1 is 1.28 bits per heavy atom. The highest BCUT2D eigenvalue weighted by Crippen LogP contribution is 2.38. The average Bonchev–Trinajstić information content (AvgIpc) is 2.74. The van der Waals surface area contributed by atoms with Crippen molar-refractivity contribution in [3.8, 4) is 0 Å². The van der Waals surface area contributed by atoms with Gasteiger partial charge in [-0.25, -0.2) is 4.39 Å². The summed E-state index contributed by atoms with van der Waals surface area (Å²) in [7, 11) is 2.15. The molecule has 0 spiro atoms. The minimum absolute atomic E-state index is 0.167. The van der Waals surface area contributed by atoms with Gasteiger partial charge in [0, 0.05) is 32.7 Å². The van der Waals surface area contributed by atoms with Gasteiger partial charge in [-0.2, -0.15) is 8.78 Å². The Bertz CT molecular complexity index is 714. The average molecular weight is 455 g/mol. The van der Waals surface area contributed by atoms with E-state index in [0.29, 0.717) is 25.4 Å². The molecule has 0 aromatic rings. The molecular weight excluding hydrogens is 417 g/mol. The smallest absolute Gasteiger partial charge is 0.387 e. The summed E-state index contributed by atoms with van der Waals surface area (Å²) in [5, 5.41) is 0. The summed E-state index contributed by atoms with van der Waals surface area (Å²) in [6.45, 7) is 8.96. The zero-order valence-corrected chi connectivity index (χ0v) is 19.3. The highest BCUT2D eigenvalue weighted by atomic mass is 19.3. The van der Waals surface area contributed by atoms with Gasteiger partial charge < -0.3 is 19.3 Å². The van der Waals surface area contributed by atoms with Crippen molar-refractivity contribution in [2.75, 3.05) is 46.4 Å². The number of likely N-dealkylation sites (N-methyl/N-ethyl adjacent to an activating group) is 1. The molecule has 1 aliphatic carbocycles. The van der Waals surface area contributed by atoms with Gasteiger partial charge in [0.2, 0.25) is 0 Å². The lowest BCUT2D eigenvalue weighted by Gasteiger charge is -2.38. The van der Waals surface area contributed by atoms with Gasteiger partial charge in [-0.05, 0) is 81.2 Å². The molecule has 2 aliphatic heterocycles. The van der Waals surface area contributed by atoms with E-state index in [-0.39, 0.29) is 29.5 Å². The van der Waals surface area contributed by atoms with Crippen molar-refractivity contribution in [3.05, 3.63) is 48.0 Å². The second-order valence-corrected chi connectivity index (χ2v) is 9.33. The third-order valence-electron chi connectivity index (χ3n) is 6.92. The Hall–Kier alpha value is -1.57. The van der Waals surface area contributed by atoms with Crippen LogP contribution in [0.3, 0.4) is 0 Å². The van der Waals surface area contributed by atoms with E-state index in [2.05, 4.69) is 28.2 Å². The molecule has 0 amide bonds. The summed E-state index contributed by atoms with van der Waals surface area (Å²) in [5.41, 5.74) is 0.967. The van der Waals surface area contributed by atoms with Crippen LogP contribution in [0.15, 0.2) is 48.0 Å². The van der Waals surface area contributed by atoms with E-state index in [0.717, 1.165) is 51.1 Å². The lowest BCUT2D eigenvalue weighted by molar-refractivity contribution is -0.0959. The lowest BCUT2D eigenvalue weighted by atomic mass is 9.75. The number of rotatable bonds is 7. The lowest BCUT2D eigenvalue weighted by Crippen LogP contribution is -2.47. The Balaban J connectivity index is 1.69. The third kappa shape index (κ3) is 7.49. The maximum Gasteiger partial charge on any atom is 0.387 e. The molecule has 32 heavy (non-hydrogen) atoms. The van der Waals surface area contributed by atoms with Crippen LogP contribution in [0.4, 0.5) is 13.2 Å². The summed E-state index contributed by atoms with van der Waals surface area (Å²) in [4.78, 5) is 4.85. The van der Waals surface area contributed by atoms with E-state index in [1.807, 2.05) is 6.08 Å². The number of halogens is 3. The van der Waals surface area contributed by atoms with E-state index in [1.54, 1.807) is 12.2 Å². The second kappa shape index (κ2) is 12.1. The minimum Gasteiger partial charge on any atom is -0.440 e. The van der Waals surface area contributed by atoms with Gasteiger partial charge in [-0.3, -0.25) is 0 Å². The standard InChI is InChI=1S/C25H37F3N2O2/c1-18(32-25(27)28)4-11-24-19(2)23(21-6-8-22(26)9-7-21)10-5-20(17-31-24)16-30-14-12-29(3)13-15-30/h4,6,8-9,20-21,23-25H,2,5,7,10-17H2,1,3H3/b18-4+. The van der Waals surface area contributed by atoms with E-state index in [9.17, 15) is 13.2 Å². The quantitative estimate of drug-likeness (QED) is 0.392. The number of hydrogen-bond donors (Lipinski definition) is 0. The molecule has 0 aromatic carbocycles. The molecule has 2 fully saturated rings. The number of hydrogen-bond acceptors (Lipinski definition) is 4. The molecule has 0 radical (unpaired) electrons. The molecule has 7 heteroatoms. The van der Waals surface area contributed by atoms with Crippen LogP contribution in [-0.2, 0) is 9.47 Å². The van der Waals surface area contributed by atoms with Crippen LogP contribution in [0.25, 0.3) is 0 Å². The molecule has 3 rings (SSSR count). The molecule has 3 aliphatic rings. The van der Waals surface area contributed by atoms with Crippen molar-refractivity contribution in [2.45, 2.75) is 45.3 Å². The van der Waals surface area contributed by atoms with Gasteiger partial charge in [0.15, 0.2) is 0 Å². The van der Waals surface area contributed by atoms with Crippen molar-refractivity contribution in [2.24, 2.45) is 17.8 Å². The fourth-order valence-corrected chi connectivity index (χ4v) is 4.90. The van der Waals surface area contributed by atoms with Gasteiger partial charge in [-0.15, -0.1) is 0 Å². The number of alkyl halides is 2. The fourth-order valence-electron chi connectivity index (χ4n) is 4.90. The van der Waals surface area contributed by atoms with Crippen molar-refractivity contribution in [1.82, 2.24) is 9.80 Å². The van der Waals surface area contributed by atoms with Crippen LogP contribution >= 0.6 is 0 Å². The fraction of sp³-hybridized carbons (Fsp3) is 0.680. The van der Waals surface area contributed by atoms with E-state index >= 15 is 0 Å². The van der Waals surface area contributed by atoms with Gasteiger partial charge in [0.1, 0.15) is 5.83 Å². The molecule has 2 saturated heterocycles. The zero-order chi connectivity index (χ0) is 23.1. The molecule has 180 valence electrons. The van der Waals surface area contributed by atoms with Crippen molar-refractivity contribution in [1.29, 1.82) is 0 Å². The normalized spacial score (nSPS) is 31.4. The Kier molecular flexibility index (Phi) is 9.44. The van der Waals surface area contributed by atoms with Crippen LogP contribution in [0, 0.1) is 17.8 Å². The van der Waals surface area contributed by atoms with Gasteiger partial charge in [0.05, 0.1) is 18.5 Å². The zero-order valence-electron chi connectivity index (χ0n) is 19.3. The number of piperazine rings is 1. The highest BCUT2D eigenvalue weighted by molar-refractivity contribution is 5.22. The van der Waals surface area contributed by atoms with Crippen molar-refractivity contribution >= 4 is 0 Å². The Morgan fingerprint density at radius 3 is 2.69 bits per heavy atom. The van der Waals surface area contributed by atoms with Crippen molar-refractivity contribution in [3.63, 3.8) is 0 Å². The maximum atomic E-state index is 13.5. The summed E-state index contributed by atoms with van der Waals surface area (Å²) in [5.74, 6) is 0.741. The number of nitrogens with zero attached hydrogens (tertiary/aromatic N) is 2. The van der Waals surface area contributed by atoms with Crippen LogP contribution in [-0.4, -0.2) is 68.9 Å². The predicted octanol–water partition coefficient (Wildman–Crippen LogP) is 5.16. The molecule has 0 saturated carbocycles. The molecule has 2 heterocycles. The van der Waals surface area contributed by atoms with Crippen LogP contribution < -0.4 is 0 Å². The monoisotopic (exact) mass is 454 g/mol. The van der Waals surface area contributed by atoms with E-state index < -0.39 is 6.61 Å². The first-order chi connectivity index (χ1) is 15.3. The topological polar surface area (TPSA) is 24.9 Å². The molecule has 4 atom stereocenters. The first-order valence-electron chi connectivity index (χ1n) is 11.7. The largest absolute Gasteiger partial charge is 0.440 e. The molecule has 4 nitrogen and oxygen atoms in total. The molecular formula is C25H37F3N2O2.